The Morgan fingerprint density at radius 3 is 2.45 bits per heavy atom. The second-order valence-electron chi connectivity index (χ2n) is 6.27. The number of rotatable bonds is 5. The number of thioether (sulfide) groups is 1. The van der Waals surface area contributed by atoms with Gasteiger partial charge >= 0.3 is 0 Å². The quantitative estimate of drug-likeness (QED) is 0.530. The monoisotopic (exact) mass is 420 g/mol. The Bertz CT molecular complexity index is 1080. The van der Waals surface area contributed by atoms with E-state index in [-0.39, 0.29) is 5.91 Å². The highest BCUT2D eigenvalue weighted by Gasteiger charge is 2.23. The minimum absolute atomic E-state index is 0.149. The summed E-state index contributed by atoms with van der Waals surface area (Å²) in [5.74, 6) is 0.589. The lowest BCUT2D eigenvalue weighted by Crippen LogP contribution is -2.19. The third kappa shape index (κ3) is 5.08. The van der Waals surface area contributed by atoms with E-state index in [1.807, 2.05) is 84.9 Å². The highest BCUT2D eigenvalue weighted by atomic mass is 35.5. The van der Waals surface area contributed by atoms with Crippen molar-refractivity contribution in [3.8, 4) is 5.75 Å². The van der Waals surface area contributed by atoms with E-state index in [2.05, 4.69) is 10.3 Å². The molecule has 3 aromatic rings. The van der Waals surface area contributed by atoms with Gasteiger partial charge in [-0.3, -0.25) is 4.79 Å². The second-order valence-corrected chi connectivity index (χ2v) is 7.70. The molecule has 1 amide bonds. The van der Waals surface area contributed by atoms with Gasteiger partial charge in [-0.05, 0) is 53.7 Å². The normalized spacial score (nSPS) is 16.2. The average Bonchev–Trinajstić information content (AvgIpc) is 3.08. The molecule has 0 bridgehead atoms. The maximum absolute atomic E-state index is 12.2. The molecular formula is C23H17ClN2O2S. The number of ether oxygens (including phenoxy) is 1. The number of hydrogen-bond acceptors (Lipinski definition) is 4. The maximum atomic E-state index is 12.2. The molecule has 1 aliphatic rings. The molecule has 1 aliphatic heterocycles. The van der Waals surface area contributed by atoms with Gasteiger partial charge in [0.15, 0.2) is 5.17 Å². The highest BCUT2D eigenvalue weighted by Crippen LogP contribution is 2.28. The van der Waals surface area contributed by atoms with Crippen molar-refractivity contribution in [3.63, 3.8) is 0 Å². The standard InChI is InChI=1S/C23H17ClN2O2S/c24-20-9-5-4-6-17(20)15-28-19-12-10-16(11-13-19)14-21-22(27)26-23(29-21)25-18-7-2-1-3-8-18/h1-14H,15H2,(H,25,26,27). The van der Waals surface area contributed by atoms with Crippen molar-refractivity contribution in [1.29, 1.82) is 0 Å². The van der Waals surface area contributed by atoms with Crippen LogP contribution in [0.4, 0.5) is 5.69 Å². The number of hydrogen-bond donors (Lipinski definition) is 1. The summed E-state index contributed by atoms with van der Waals surface area (Å²) in [4.78, 5) is 17.3. The Labute approximate surface area is 178 Å². The van der Waals surface area contributed by atoms with Crippen molar-refractivity contribution in [2.24, 2.45) is 4.99 Å². The van der Waals surface area contributed by atoms with Crippen molar-refractivity contribution in [2.45, 2.75) is 6.61 Å². The molecule has 0 aromatic heterocycles. The fourth-order valence-corrected chi connectivity index (χ4v) is 3.72. The van der Waals surface area contributed by atoms with Gasteiger partial charge in [0.1, 0.15) is 12.4 Å². The third-order valence-corrected chi connectivity index (χ3v) is 5.45. The van der Waals surface area contributed by atoms with Crippen LogP contribution in [0.1, 0.15) is 11.1 Å². The molecule has 3 aromatic carbocycles. The van der Waals surface area contributed by atoms with E-state index in [4.69, 9.17) is 16.3 Å². The first-order valence-electron chi connectivity index (χ1n) is 8.98. The van der Waals surface area contributed by atoms with Gasteiger partial charge < -0.3 is 10.1 Å². The molecule has 0 unspecified atom stereocenters. The van der Waals surface area contributed by atoms with Crippen LogP contribution in [0.3, 0.4) is 0 Å². The summed E-state index contributed by atoms with van der Waals surface area (Å²) in [7, 11) is 0. The van der Waals surface area contributed by atoms with Crippen LogP contribution in [0.5, 0.6) is 5.75 Å². The van der Waals surface area contributed by atoms with Crippen molar-refractivity contribution in [3.05, 3.63) is 99.9 Å². The number of nitrogens with zero attached hydrogens (tertiary/aromatic N) is 1. The maximum Gasteiger partial charge on any atom is 0.264 e. The summed E-state index contributed by atoms with van der Waals surface area (Å²) < 4.78 is 5.79. The van der Waals surface area contributed by atoms with E-state index in [0.29, 0.717) is 21.7 Å². The molecule has 1 N–H and O–H groups in total. The van der Waals surface area contributed by atoms with Gasteiger partial charge in [-0.2, -0.15) is 0 Å². The fraction of sp³-hybridized carbons (Fsp3) is 0.0435. The zero-order valence-electron chi connectivity index (χ0n) is 15.3. The van der Waals surface area contributed by atoms with E-state index in [1.54, 1.807) is 0 Å². The Hall–Kier alpha value is -3.02. The number of halogens is 1. The largest absolute Gasteiger partial charge is 0.489 e. The number of para-hydroxylation sites is 1. The molecular weight excluding hydrogens is 404 g/mol. The highest BCUT2D eigenvalue weighted by molar-refractivity contribution is 8.18. The van der Waals surface area contributed by atoms with Gasteiger partial charge in [-0.25, -0.2) is 4.99 Å². The summed E-state index contributed by atoms with van der Waals surface area (Å²) in [6.45, 7) is 0.400. The summed E-state index contributed by atoms with van der Waals surface area (Å²) in [6, 6.07) is 24.7. The first-order chi connectivity index (χ1) is 14.2. The molecule has 0 atom stereocenters. The molecule has 0 saturated carbocycles. The minimum atomic E-state index is -0.149. The lowest BCUT2D eigenvalue weighted by atomic mass is 10.2. The number of benzene rings is 3. The number of aliphatic imine (C=N–C) groups is 1. The van der Waals surface area contributed by atoms with Crippen LogP contribution in [0.2, 0.25) is 5.02 Å². The molecule has 1 heterocycles. The molecule has 1 saturated heterocycles. The van der Waals surface area contributed by atoms with Crippen molar-refractivity contribution in [2.75, 3.05) is 0 Å². The third-order valence-electron chi connectivity index (χ3n) is 4.17. The van der Waals surface area contributed by atoms with Crippen LogP contribution in [-0.4, -0.2) is 11.1 Å². The van der Waals surface area contributed by atoms with Crippen molar-refractivity contribution >= 4 is 46.2 Å². The van der Waals surface area contributed by atoms with Crippen LogP contribution in [0.25, 0.3) is 6.08 Å². The van der Waals surface area contributed by atoms with E-state index in [1.165, 1.54) is 11.8 Å². The number of amidine groups is 1. The molecule has 0 radical (unpaired) electrons. The Morgan fingerprint density at radius 1 is 0.966 bits per heavy atom. The second kappa shape index (κ2) is 8.99. The summed E-state index contributed by atoms with van der Waals surface area (Å²) in [6.07, 6.45) is 1.84. The lowest BCUT2D eigenvalue weighted by Gasteiger charge is -2.08. The zero-order valence-corrected chi connectivity index (χ0v) is 16.9. The van der Waals surface area contributed by atoms with E-state index >= 15 is 0 Å². The van der Waals surface area contributed by atoms with Gasteiger partial charge in [-0.15, -0.1) is 0 Å². The van der Waals surface area contributed by atoms with Gasteiger partial charge in [-0.1, -0.05) is 60.1 Å². The molecule has 29 heavy (non-hydrogen) atoms. The van der Waals surface area contributed by atoms with Crippen LogP contribution in [0.15, 0.2) is 88.8 Å². The van der Waals surface area contributed by atoms with Crippen LogP contribution >= 0.6 is 23.4 Å². The Morgan fingerprint density at radius 2 is 1.69 bits per heavy atom. The smallest absolute Gasteiger partial charge is 0.264 e. The van der Waals surface area contributed by atoms with Crippen LogP contribution in [-0.2, 0) is 11.4 Å². The van der Waals surface area contributed by atoms with E-state index < -0.39 is 0 Å². The predicted octanol–water partition coefficient (Wildman–Crippen LogP) is 5.81. The first-order valence-corrected chi connectivity index (χ1v) is 10.2. The van der Waals surface area contributed by atoms with Gasteiger partial charge in [0.05, 0.1) is 10.6 Å². The number of carbonyl (C=O) groups is 1. The fourth-order valence-electron chi connectivity index (χ4n) is 2.69. The number of amides is 1. The molecule has 0 aliphatic carbocycles. The van der Waals surface area contributed by atoms with Crippen molar-refractivity contribution in [1.82, 2.24) is 5.32 Å². The summed E-state index contributed by atoms with van der Waals surface area (Å²) in [5, 5.41) is 4.06. The number of nitrogens with one attached hydrogen (secondary N) is 1. The average molecular weight is 421 g/mol. The molecule has 6 heteroatoms. The summed E-state index contributed by atoms with van der Waals surface area (Å²) in [5.41, 5.74) is 2.65. The van der Waals surface area contributed by atoms with E-state index in [0.717, 1.165) is 22.6 Å². The summed E-state index contributed by atoms with van der Waals surface area (Å²) >= 11 is 7.48. The molecule has 4 nitrogen and oxygen atoms in total. The molecule has 1 fully saturated rings. The van der Waals surface area contributed by atoms with Gasteiger partial charge in [0, 0.05) is 10.6 Å². The minimum Gasteiger partial charge on any atom is -0.489 e. The SMILES string of the molecule is O=C1NC(=Nc2ccccc2)SC1=Cc1ccc(OCc2ccccc2Cl)cc1. The Kier molecular flexibility index (Phi) is 5.98. The van der Waals surface area contributed by atoms with Crippen LogP contribution in [0, 0.1) is 0 Å². The van der Waals surface area contributed by atoms with Gasteiger partial charge in [0.25, 0.3) is 5.91 Å². The zero-order chi connectivity index (χ0) is 20.1. The molecule has 4 rings (SSSR count). The van der Waals surface area contributed by atoms with Gasteiger partial charge in [0.2, 0.25) is 0 Å². The Balaban J connectivity index is 1.41. The van der Waals surface area contributed by atoms with Crippen LogP contribution < -0.4 is 10.1 Å². The topological polar surface area (TPSA) is 50.7 Å². The number of carbonyl (C=O) groups excluding carboxylic acids is 1. The lowest BCUT2D eigenvalue weighted by molar-refractivity contribution is -0.115. The van der Waals surface area contributed by atoms with Crippen molar-refractivity contribution < 1.29 is 9.53 Å². The van der Waals surface area contributed by atoms with E-state index in [9.17, 15) is 4.79 Å². The molecule has 0 spiro atoms. The molecule has 144 valence electrons. The first kappa shape index (κ1) is 19.3. The predicted molar refractivity (Wildman–Crippen MR) is 119 cm³/mol.